The minimum Gasteiger partial charge on any atom is -0.484 e. The Balaban J connectivity index is 1.84. The molecule has 7 nitrogen and oxygen atoms in total. The first-order chi connectivity index (χ1) is 13.0. The van der Waals surface area contributed by atoms with Crippen LogP contribution in [0.4, 0.5) is 16.2 Å². The Morgan fingerprint density at radius 3 is 2.37 bits per heavy atom. The smallest absolute Gasteiger partial charge is 0.411 e. The fourth-order valence-electron chi connectivity index (χ4n) is 2.04. The molecule has 0 unspecified atom stereocenters. The van der Waals surface area contributed by atoms with Crippen molar-refractivity contribution in [2.75, 3.05) is 23.8 Å². The summed E-state index contributed by atoms with van der Waals surface area (Å²) in [6.07, 6.45) is -0.545. The van der Waals surface area contributed by atoms with Gasteiger partial charge in [-0.1, -0.05) is 19.9 Å². The summed E-state index contributed by atoms with van der Waals surface area (Å²) in [7, 11) is 0. The van der Waals surface area contributed by atoms with Gasteiger partial charge in [0, 0.05) is 11.4 Å². The molecule has 7 heteroatoms. The molecule has 0 spiro atoms. The minimum atomic E-state index is -0.545. The van der Waals surface area contributed by atoms with Crippen molar-refractivity contribution in [1.29, 1.82) is 5.26 Å². The zero-order chi connectivity index (χ0) is 19.6. The Bertz CT molecular complexity index is 826. The third kappa shape index (κ3) is 7.08. The number of carbonyl (C=O) groups is 2. The molecular weight excluding hydrogens is 346 g/mol. The van der Waals surface area contributed by atoms with E-state index in [9.17, 15) is 9.59 Å². The highest BCUT2D eigenvalue weighted by Gasteiger charge is 2.07. The van der Waals surface area contributed by atoms with Crippen molar-refractivity contribution >= 4 is 23.4 Å². The van der Waals surface area contributed by atoms with E-state index in [1.54, 1.807) is 48.5 Å². The van der Waals surface area contributed by atoms with Crippen LogP contribution in [-0.2, 0) is 9.53 Å². The fourth-order valence-corrected chi connectivity index (χ4v) is 2.04. The molecule has 0 aliphatic rings. The highest BCUT2D eigenvalue weighted by atomic mass is 16.5. The van der Waals surface area contributed by atoms with E-state index in [-0.39, 0.29) is 18.4 Å². The van der Waals surface area contributed by atoms with Gasteiger partial charge < -0.3 is 14.8 Å². The van der Waals surface area contributed by atoms with E-state index in [4.69, 9.17) is 14.7 Å². The Labute approximate surface area is 157 Å². The number of hydrogen-bond donors (Lipinski definition) is 2. The predicted molar refractivity (Wildman–Crippen MR) is 102 cm³/mol. The summed E-state index contributed by atoms with van der Waals surface area (Å²) in [5.41, 5.74) is 1.54. The van der Waals surface area contributed by atoms with Crippen molar-refractivity contribution in [2.24, 2.45) is 5.92 Å². The molecule has 0 atom stereocenters. The first-order valence-corrected chi connectivity index (χ1v) is 8.43. The van der Waals surface area contributed by atoms with Gasteiger partial charge in [0.05, 0.1) is 18.2 Å². The van der Waals surface area contributed by atoms with Gasteiger partial charge in [0.2, 0.25) is 0 Å². The average Bonchev–Trinajstić information content (AvgIpc) is 2.65. The quantitative estimate of drug-likeness (QED) is 0.776. The largest absolute Gasteiger partial charge is 0.484 e. The van der Waals surface area contributed by atoms with Crippen LogP contribution in [0.5, 0.6) is 5.75 Å². The van der Waals surface area contributed by atoms with Crippen molar-refractivity contribution in [3.8, 4) is 11.8 Å². The lowest BCUT2D eigenvalue weighted by atomic mass is 10.2. The summed E-state index contributed by atoms with van der Waals surface area (Å²) < 4.78 is 10.4. The molecule has 2 N–H and O–H groups in total. The first-order valence-electron chi connectivity index (χ1n) is 8.43. The Hall–Kier alpha value is -3.53. The lowest BCUT2D eigenvalue weighted by molar-refractivity contribution is -0.118. The molecule has 2 amide bonds. The number of nitrogens with one attached hydrogen (secondary N) is 2. The van der Waals surface area contributed by atoms with Crippen molar-refractivity contribution < 1.29 is 19.1 Å². The molecule has 0 aliphatic carbocycles. The second kappa shape index (κ2) is 9.82. The Morgan fingerprint density at radius 2 is 1.74 bits per heavy atom. The molecule has 0 radical (unpaired) electrons. The van der Waals surface area contributed by atoms with Crippen molar-refractivity contribution in [3.63, 3.8) is 0 Å². The number of hydrogen-bond acceptors (Lipinski definition) is 5. The second-order valence-corrected chi connectivity index (χ2v) is 6.17. The van der Waals surface area contributed by atoms with Gasteiger partial charge in [-0.3, -0.25) is 10.1 Å². The van der Waals surface area contributed by atoms with E-state index >= 15 is 0 Å². The van der Waals surface area contributed by atoms with Gasteiger partial charge in [0.15, 0.2) is 6.61 Å². The zero-order valence-corrected chi connectivity index (χ0v) is 15.2. The maximum Gasteiger partial charge on any atom is 0.411 e. The number of rotatable bonds is 7. The van der Waals surface area contributed by atoms with E-state index in [0.717, 1.165) is 0 Å². The van der Waals surface area contributed by atoms with Crippen LogP contribution in [0.3, 0.4) is 0 Å². The van der Waals surface area contributed by atoms with E-state index in [2.05, 4.69) is 10.6 Å². The Kier molecular flexibility index (Phi) is 7.20. The second-order valence-electron chi connectivity index (χ2n) is 6.17. The fraction of sp³-hybridized carbons (Fsp3) is 0.250. The molecule has 0 aromatic heterocycles. The molecule has 2 aromatic rings. The molecule has 0 heterocycles. The minimum absolute atomic E-state index is 0.181. The third-order valence-corrected chi connectivity index (χ3v) is 3.29. The van der Waals surface area contributed by atoms with Gasteiger partial charge in [-0.05, 0) is 48.4 Å². The number of nitrogens with zero attached hydrogens (tertiary/aromatic N) is 1. The lowest BCUT2D eigenvalue weighted by Gasteiger charge is -2.11. The van der Waals surface area contributed by atoms with E-state index < -0.39 is 6.09 Å². The molecule has 0 saturated carbocycles. The van der Waals surface area contributed by atoms with Gasteiger partial charge in [0.1, 0.15) is 5.75 Å². The topological polar surface area (TPSA) is 100 Å². The van der Waals surface area contributed by atoms with E-state index in [1.807, 2.05) is 19.9 Å². The highest BCUT2D eigenvalue weighted by molar-refractivity contribution is 5.93. The molecule has 0 aliphatic heterocycles. The van der Waals surface area contributed by atoms with Crippen molar-refractivity contribution in [1.82, 2.24) is 0 Å². The third-order valence-electron chi connectivity index (χ3n) is 3.29. The number of carbonyl (C=O) groups excluding carboxylic acids is 2. The van der Waals surface area contributed by atoms with Gasteiger partial charge in [0.25, 0.3) is 5.91 Å². The highest BCUT2D eigenvalue weighted by Crippen LogP contribution is 2.16. The monoisotopic (exact) mass is 367 g/mol. The summed E-state index contributed by atoms with van der Waals surface area (Å²) in [5.74, 6) is 0.392. The van der Waals surface area contributed by atoms with Crippen LogP contribution in [-0.4, -0.2) is 25.2 Å². The van der Waals surface area contributed by atoms with Crippen LogP contribution < -0.4 is 15.4 Å². The molecule has 0 fully saturated rings. The SMILES string of the molecule is CC(C)COC(=O)Nc1cccc(NC(=O)COc2ccc(C#N)cc2)c1. The first kappa shape index (κ1) is 19.8. The molecule has 140 valence electrons. The number of amides is 2. The summed E-state index contributed by atoms with van der Waals surface area (Å²) in [6, 6.07) is 15.2. The van der Waals surface area contributed by atoms with Gasteiger partial charge in [-0.2, -0.15) is 5.26 Å². The number of anilines is 2. The maximum absolute atomic E-state index is 12.0. The standard InChI is InChI=1S/C20H21N3O4/c1-14(2)12-27-20(25)23-17-5-3-4-16(10-17)22-19(24)13-26-18-8-6-15(11-21)7-9-18/h3-10,14H,12-13H2,1-2H3,(H,22,24)(H,23,25). The van der Waals surface area contributed by atoms with Crippen LogP contribution in [0.1, 0.15) is 19.4 Å². The summed E-state index contributed by atoms with van der Waals surface area (Å²) >= 11 is 0. The van der Waals surface area contributed by atoms with Crippen LogP contribution >= 0.6 is 0 Å². The van der Waals surface area contributed by atoms with E-state index in [1.165, 1.54) is 0 Å². The molecule has 0 saturated heterocycles. The van der Waals surface area contributed by atoms with Gasteiger partial charge in [-0.15, -0.1) is 0 Å². The van der Waals surface area contributed by atoms with Gasteiger partial charge >= 0.3 is 6.09 Å². The zero-order valence-electron chi connectivity index (χ0n) is 15.2. The normalized spacial score (nSPS) is 10.0. The average molecular weight is 367 g/mol. The van der Waals surface area contributed by atoms with E-state index in [0.29, 0.717) is 29.3 Å². The van der Waals surface area contributed by atoms with Crippen molar-refractivity contribution in [3.05, 3.63) is 54.1 Å². The molecule has 2 rings (SSSR count). The molecule has 0 bridgehead atoms. The number of ether oxygens (including phenoxy) is 2. The van der Waals surface area contributed by atoms with Gasteiger partial charge in [-0.25, -0.2) is 4.79 Å². The van der Waals surface area contributed by atoms with Crippen LogP contribution in [0, 0.1) is 17.2 Å². The summed E-state index contributed by atoms with van der Waals surface area (Å²) in [4.78, 5) is 23.7. The van der Waals surface area contributed by atoms with Crippen LogP contribution in [0.15, 0.2) is 48.5 Å². The number of nitriles is 1. The summed E-state index contributed by atoms with van der Waals surface area (Å²) in [6.45, 7) is 4.04. The maximum atomic E-state index is 12.0. The molecule has 27 heavy (non-hydrogen) atoms. The van der Waals surface area contributed by atoms with Crippen LogP contribution in [0.2, 0.25) is 0 Å². The van der Waals surface area contributed by atoms with Crippen LogP contribution in [0.25, 0.3) is 0 Å². The predicted octanol–water partition coefficient (Wildman–Crippen LogP) is 3.78. The molecule has 2 aromatic carbocycles. The number of benzene rings is 2. The lowest BCUT2D eigenvalue weighted by Crippen LogP contribution is -2.20. The van der Waals surface area contributed by atoms with Crippen molar-refractivity contribution in [2.45, 2.75) is 13.8 Å². The summed E-state index contributed by atoms with van der Waals surface area (Å²) in [5, 5.41) is 14.1. The molecular formula is C20H21N3O4. The Morgan fingerprint density at radius 1 is 1.07 bits per heavy atom.